The molecule has 0 spiro atoms. The molecule has 1 amide bonds. The molecule has 2 aromatic carbocycles. The highest BCUT2D eigenvalue weighted by Crippen LogP contribution is 2.31. The number of amides is 1. The second-order valence-electron chi connectivity index (χ2n) is 9.49. The fourth-order valence-corrected chi connectivity index (χ4v) is 4.19. The van der Waals surface area contributed by atoms with Crippen molar-refractivity contribution >= 4 is 17.6 Å². The molecule has 0 saturated carbocycles. The van der Waals surface area contributed by atoms with E-state index in [1.54, 1.807) is 4.90 Å². The van der Waals surface area contributed by atoms with Gasteiger partial charge in [0.05, 0.1) is 25.3 Å². The van der Waals surface area contributed by atoms with Crippen molar-refractivity contribution in [2.75, 3.05) is 26.3 Å². The van der Waals surface area contributed by atoms with Crippen molar-refractivity contribution in [1.82, 2.24) is 9.88 Å². The van der Waals surface area contributed by atoms with Crippen LogP contribution < -0.4 is 4.74 Å². The Morgan fingerprint density at radius 3 is 2.57 bits per heavy atom. The molecule has 0 aliphatic carbocycles. The van der Waals surface area contributed by atoms with E-state index >= 15 is 0 Å². The van der Waals surface area contributed by atoms with Crippen LogP contribution in [-0.2, 0) is 16.0 Å². The normalized spacial score (nSPS) is 13.4. The summed E-state index contributed by atoms with van der Waals surface area (Å²) in [5.41, 5.74) is 4.10. The van der Waals surface area contributed by atoms with Crippen molar-refractivity contribution in [2.45, 2.75) is 33.6 Å². The standard InChI is InChI=1S/C29H32N2O6/c1-19(2)18-36-29(34)31-16-23(15-27(32)33)25(17-31)22-10-7-11-24(14-22)35-13-12-26-20(3)37-28(30-26)21-8-5-4-6-9-21/h4-11,14,19H,12-13,15-18H2,1-3H3,(H,32,33). The van der Waals surface area contributed by atoms with Crippen molar-refractivity contribution in [2.24, 2.45) is 5.92 Å². The highest BCUT2D eigenvalue weighted by Gasteiger charge is 2.29. The molecule has 3 aromatic rings. The quantitative estimate of drug-likeness (QED) is 0.383. The maximum Gasteiger partial charge on any atom is 0.410 e. The van der Waals surface area contributed by atoms with Crippen molar-refractivity contribution in [1.29, 1.82) is 0 Å². The molecule has 4 rings (SSSR count). The Labute approximate surface area is 216 Å². The number of carbonyl (C=O) groups is 2. The number of nitrogens with zero attached hydrogens (tertiary/aromatic N) is 2. The van der Waals surface area contributed by atoms with E-state index in [-0.39, 0.29) is 18.9 Å². The van der Waals surface area contributed by atoms with Crippen LogP contribution in [0.25, 0.3) is 17.0 Å². The van der Waals surface area contributed by atoms with E-state index in [2.05, 4.69) is 4.98 Å². The van der Waals surface area contributed by atoms with Gasteiger partial charge in [0.25, 0.3) is 0 Å². The molecule has 8 nitrogen and oxygen atoms in total. The summed E-state index contributed by atoms with van der Waals surface area (Å²) in [6.45, 7) is 7.08. The van der Waals surface area contributed by atoms with Crippen molar-refractivity contribution in [3.63, 3.8) is 0 Å². The summed E-state index contributed by atoms with van der Waals surface area (Å²) < 4.78 is 17.2. The Balaban J connectivity index is 1.42. The van der Waals surface area contributed by atoms with E-state index in [9.17, 15) is 14.7 Å². The van der Waals surface area contributed by atoms with Gasteiger partial charge in [-0.15, -0.1) is 0 Å². The van der Waals surface area contributed by atoms with E-state index in [1.807, 2.05) is 75.4 Å². The number of hydrogen-bond donors (Lipinski definition) is 1. The number of oxazole rings is 1. The molecular formula is C29H32N2O6. The first kappa shape index (κ1) is 26.0. The number of hydrogen-bond acceptors (Lipinski definition) is 6. The van der Waals surface area contributed by atoms with Gasteiger partial charge in [0.1, 0.15) is 11.5 Å². The van der Waals surface area contributed by atoms with Gasteiger partial charge in [-0.3, -0.25) is 9.69 Å². The predicted octanol–water partition coefficient (Wildman–Crippen LogP) is 5.61. The molecule has 1 aromatic heterocycles. The lowest BCUT2D eigenvalue weighted by Crippen LogP contribution is -2.31. The molecule has 1 aliphatic rings. The van der Waals surface area contributed by atoms with Gasteiger partial charge in [-0.05, 0) is 53.8 Å². The molecule has 194 valence electrons. The summed E-state index contributed by atoms with van der Waals surface area (Å²) in [6, 6.07) is 17.3. The van der Waals surface area contributed by atoms with Crippen LogP contribution in [0.1, 0.15) is 37.3 Å². The highest BCUT2D eigenvalue weighted by atomic mass is 16.6. The first-order valence-electron chi connectivity index (χ1n) is 12.4. The van der Waals surface area contributed by atoms with Crippen molar-refractivity contribution in [3.8, 4) is 17.2 Å². The van der Waals surface area contributed by atoms with E-state index in [0.717, 1.165) is 28.2 Å². The van der Waals surface area contributed by atoms with Crippen molar-refractivity contribution < 1.29 is 28.6 Å². The minimum Gasteiger partial charge on any atom is -0.493 e. The zero-order valence-corrected chi connectivity index (χ0v) is 21.4. The molecular weight excluding hydrogens is 472 g/mol. The number of aliphatic carboxylic acids is 1. The Kier molecular flexibility index (Phi) is 8.28. The summed E-state index contributed by atoms with van der Waals surface area (Å²) in [5, 5.41) is 9.41. The Bertz CT molecular complexity index is 1280. The smallest absolute Gasteiger partial charge is 0.410 e. The summed E-state index contributed by atoms with van der Waals surface area (Å²) in [7, 11) is 0. The first-order valence-corrected chi connectivity index (χ1v) is 12.4. The lowest BCUT2D eigenvalue weighted by atomic mass is 10.0. The van der Waals surface area contributed by atoms with Gasteiger partial charge in [-0.1, -0.05) is 44.2 Å². The van der Waals surface area contributed by atoms with Gasteiger partial charge in [0.2, 0.25) is 5.89 Å². The Hall–Kier alpha value is -4.07. The van der Waals surface area contributed by atoms with Gasteiger partial charge in [-0.25, -0.2) is 9.78 Å². The number of benzene rings is 2. The second kappa shape index (κ2) is 11.8. The summed E-state index contributed by atoms with van der Waals surface area (Å²) >= 11 is 0. The third-order valence-corrected chi connectivity index (χ3v) is 6.02. The molecule has 8 heteroatoms. The van der Waals surface area contributed by atoms with Gasteiger partial charge in [-0.2, -0.15) is 0 Å². The largest absolute Gasteiger partial charge is 0.493 e. The third-order valence-electron chi connectivity index (χ3n) is 6.02. The molecule has 0 radical (unpaired) electrons. The minimum atomic E-state index is -0.935. The number of ether oxygens (including phenoxy) is 2. The average Bonchev–Trinajstić information content (AvgIpc) is 3.46. The zero-order chi connectivity index (χ0) is 26.4. The molecule has 1 aliphatic heterocycles. The molecule has 2 heterocycles. The monoisotopic (exact) mass is 504 g/mol. The van der Waals surface area contributed by atoms with Gasteiger partial charge >= 0.3 is 12.1 Å². The SMILES string of the molecule is Cc1oc(-c2ccccc2)nc1CCOc1cccc(C2=C(CC(=O)O)CN(C(=O)OCC(C)C)C2)c1. The second-order valence-corrected chi connectivity index (χ2v) is 9.49. The van der Waals surface area contributed by atoms with E-state index in [1.165, 1.54) is 0 Å². The zero-order valence-electron chi connectivity index (χ0n) is 21.4. The van der Waals surface area contributed by atoms with Crippen LogP contribution in [0.2, 0.25) is 0 Å². The molecule has 0 saturated heterocycles. The van der Waals surface area contributed by atoms with Crippen LogP contribution >= 0.6 is 0 Å². The number of aromatic nitrogens is 1. The minimum absolute atomic E-state index is 0.135. The lowest BCUT2D eigenvalue weighted by Gasteiger charge is -2.17. The molecule has 0 unspecified atom stereocenters. The summed E-state index contributed by atoms with van der Waals surface area (Å²) in [5.74, 6) is 1.29. The molecule has 0 bridgehead atoms. The van der Waals surface area contributed by atoms with E-state index in [0.29, 0.717) is 43.4 Å². The fourth-order valence-electron chi connectivity index (χ4n) is 4.19. The fraction of sp³-hybridized carbons (Fsp3) is 0.345. The predicted molar refractivity (Wildman–Crippen MR) is 139 cm³/mol. The molecule has 1 N–H and O–H groups in total. The summed E-state index contributed by atoms with van der Waals surface area (Å²) in [4.78, 5) is 30.2. The van der Waals surface area contributed by atoms with Gasteiger partial charge < -0.3 is 19.0 Å². The van der Waals surface area contributed by atoms with Crippen LogP contribution in [0.4, 0.5) is 4.79 Å². The van der Waals surface area contributed by atoms with Gasteiger partial charge in [0, 0.05) is 25.1 Å². The van der Waals surface area contributed by atoms with Crippen molar-refractivity contribution in [3.05, 3.63) is 77.2 Å². The van der Waals surface area contributed by atoms with E-state index in [4.69, 9.17) is 13.9 Å². The lowest BCUT2D eigenvalue weighted by molar-refractivity contribution is -0.136. The number of rotatable bonds is 10. The first-order chi connectivity index (χ1) is 17.8. The molecule has 37 heavy (non-hydrogen) atoms. The average molecular weight is 505 g/mol. The van der Waals surface area contributed by atoms with Crippen LogP contribution in [0.15, 0.2) is 64.6 Å². The number of carboxylic acid groups (broad SMARTS) is 1. The Morgan fingerprint density at radius 1 is 1.08 bits per heavy atom. The third kappa shape index (κ3) is 6.78. The van der Waals surface area contributed by atoms with E-state index < -0.39 is 12.1 Å². The summed E-state index contributed by atoms with van der Waals surface area (Å²) in [6.07, 6.45) is 0.00937. The number of aryl methyl sites for hydroxylation is 1. The topological polar surface area (TPSA) is 102 Å². The number of carboxylic acids is 1. The molecule has 0 atom stereocenters. The van der Waals surface area contributed by atoms with Crippen LogP contribution in [0.5, 0.6) is 5.75 Å². The van der Waals surface area contributed by atoms with Crippen LogP contribution in [-0.4, -0.2) is 53.4 Å². The maximum atomic E-state index is 12.5. The van der Waals surface area contributed by atoms with Crippen LogP contribution in [0, 0.1) is 12.8 Å². The highest BCUT2D eigenvalue weighted by molar-refractivity contribution is 5.83. The Morgan fingerprint density at radius 2 is 1.84 bits per heavy atom. The van der Waals surface area contributed by atoms with Crippen LogP contribution in [0.3, 0.4) is 0 Å². The maximum absolute atomic E-state index is 12.5. The number of carbonyl (C=O) groups excluding carboxylic acids is 1. The van der Waals surface area contributed by atoms with Gasteiger partial charge in [0.15, 0.2) is 0 Å². The molecule has 0 fully saturated rings.